The molecule has 0 bridgehead atoms. The Morgan fingerprint density at radius 1 is 1.50 bits per heavy atom. The van der Waals surface area contributed by atoms with Crippen LogP contribution in [0.5, 0.6) is 0 Å². The van der Waals surface area contributed by atoms with Gasteiger partial charge in [0, 0.05) is 0 Å². The molecule has 68 valence electrons. The van der Waals surface area contributed by atoms with Gasteiger partial charge in [-0.2, -0.15) is 18.4 Å². The highest BCUT2D eigenvalue weighted by Crippen LogP contribution is 2.32. The molecule has 2 unspecified atom stereocenters. The zero-order chi connectivity index (χ0) is 9.78. The van der Waals surface area contributed by atoms with Crippen LogP contribution in [0.15, 0.2) is 12.3 Å². The summed E-state index contributed by atoms with van der Waals surface area (Å²) >= 11 is 0. The molecule has 0 amide bonds. The molecule has 2 N–H and O–H groups in total. The molecule has 0 aliphatic rings. The molecule has 0 aromatic carbocycles. The van der Waals surface area contributed by atoms with Gasteiger partial charge in [-0.1, -0.05) is 6.08 Å². The largest absolute Gasteiger partial charge is 0.405 e. The number of nitriles is 1. The van der Waals surface area contributed by atoms with Crippen molar-refractivity contribution >= 4 is 0 Å². The minimum Gasteiger partial charge on any atom is -0.405 e. The molecular weight excluding hydrogens is 169 g/mol. The minimum atomic E-state index is -4.40. The second-order valence-corrected chi connectivity index (χ2v) is 2.37. The van der Waals surface area contributed by atoms with Crippen molar-refractivity contribution in [1.29, 1.82) is 5.26 Å². The highest BCUT2D eigenvalue weighted by Gasteiger charge is 2.41. The molecular formula is C7H9F3N2. The Bertz CT molecular complexity index is 202. The maximum atomic E-state index is 12.1. The average molecular weight is 178 g/mol. The Balaban J connectivity index is 4.58. The molecule has 0 spiro atoms. The van der Waals surface area contributed by atoms with Crippen LogP contribution in [0.25, 0.3) is 0 Å². The van der Waals surface area contributed by atoms with Crippen molar-refractivity contribution in [2.45, 2.75) is 13.1 Å². The second kappa shape index (κ2) is 4.00. The summed E-state index contributed by atoms with van der Waals surface area (Å²) in [7, 11) is 0. The van der Waals surface area contributed by atoms with E-state index in [0.29, 0.717) is 0 Å². The maximum absolute atomic E-state index is 12.1. The molecule has 0 aromatic rings. The molecule has 5 heteroatoms. The highest BCUT2D eigenvalue weighted by atomic mass is 19.4. The predicted octanol–water partition coefficient (Wildman–Crippen LogP) is 1.80. The van der Waals surface area contributed by atoms with Crippen molar-refractivity contribution in [3.63, 3.8) is 0 Å². The lowest BCUT2D eigenvalue weighted by molar-refractivity contribution is -0.168. The van der Waals surface area contributed by atoms with Crippen LogP contribution >= 0.6 is 0 Å². The van der Waals surface area contributed by atoms with Crippen molar-refractivity contribution in [3.05, 3.63) is 12.3 Å². The molecule has 2 atom stereocenters. The van der Waals surface area contributed by atoms with Gasteiger partial charge in [-0.3, -0.25) is 0 Å². The van der Waals surface area contributed by atoms with Crippen LogP contribution in [0.3, 0.4) is 0 Å². The van der Waals surface area contributed by atoms with E-state index in [0.717, 1.165) is 12.3 Å². The Labute approximate surface area is 68.5 Å². The Morgan fingerprint density at radius 3 is 2.25 bits per heavy atom. The standard InChI is InChI=1S/C7H9F3N2/c1-5(4-12)6(2-3-11)7(8,9)10/h2-3,5-6H,11H2,1H3/b3-2-. The lowest BCUT2D eigenvalue weighted by Gasteiger charge is -2.17. The van der Waals surface area contributed by atoms with Crippen molar-refractivity contribution in [3.8, 4) is 6.07 Å². The van der Waals surface area contributed by atoms with E-state index < -0.39 is 18.0 Å². The number of hydrogen-bond donors (Lipinski definition) is 1. The fourth-order valence-electron chi connectivity index (χ4n) is 0.759. The third-order valence-electron chi connectivity index (χ3n) is 1.44. The SMILES string of the molecule is CC(C#N)C(/C=C\N)C(F)(F)F. The van der Waals surface area contributed by atoms with Crippen molar-refractivity contribution < 1.29 is 13.2 Å². The molecule has 0 heterocycles. The number of nitrogens with two attached hydrogens (primary N) is 1. The van der Waals surface area contributed by atoms with E-state index in [2.05, 4.69) is 0 Å². The maximum Gasteiger partial charge on any atom is 0.396 e. The molecule has 0 aliphatic heterocycles. The Kier molecular flexibility index (Phi) is 3.61. The third kappa shape index (κ3) is 2.82. The third-order valence-corrected chi connectivity index (χ3v) is 1.44. The van der Waals surface area contributed by atoms with E-state index in [9.17, 15) is 13.2 Å². The molecule has 0 aromatic heterocycles. The van der Waals surface area contributed by atoms with E-state index in [-0.39, 0.29) is 0 Å². The van der Waals surface area contributed by atoms with Gasteiger partial charge in [0.2, 0.25) is 0 Å². The molecule has 0 aliphatic carbocycles. The molecule has 0 saturated carbocycles. The first-order valence-corrected chi connectivity index (χ1v) is 3.28. The summed E-state index contributed by atoms with van der Waals surface area (Å²) in [4.78, 5) is 0. The number of alkyl halides is 3. The van der Waals surface area contributed by atoms with Crippen LogP contribution in [-0.2, 0) is 0 Å². The summed E-state index contributed by atoms with van der Waals surface area (Å²) < 4.78 is 36.3. The number of rotatable bonds is 2. The van der Waals surface area contributed by atoms with Crippen LogP contribution in [0.1, 0.15) is 6.92 Å². The number of allylic oxidation sites excluding steroid dienone is 1. The van der Waals surface area contributed by atoms with E-state index in [1.807, 2.05) is 0 Å². The summed E-state index contributed by atoms with van der Waals surface area (Å²) in [6, 6.07) is 1.53. The summed E-state index contributed by atoms with van der Waals surface area (Å²) in [6.45, 7) is 1.21. The van der Waals surface area contributed by atoms with Gasteiger partial charge in [0.15, 0.2) is 0 Å². The van der Waals surface area contributed by atoms with Crippen molar-refractivity contribution in [2.24, 2.45) is 17.6 Å². The fraction of sp³-hybridized carbons (Fsp3) is 0.571. The quantitative estimate of drug-likeness (QED) is 0.700. The van der Waals surface area contributed by atoms with Gasteiger partial charge >= 0.3 is 6.18 Å². The lowest BCUT2D eigenvalue weighted by Crippen LogP contribution is -2.26. The minimum absolute atomic E-state index is 0.786. The van der Waals surface area contributed by atoms with Crippen molar-refractivity contribution in [1.82, 2.24) is 0 Å². The first-order chi connectivity index (χ1) is 5.43. The molecule has 0 radical (unpaired) electrons. The van der Waals surface area contributed by atoms with Gasteiger partial charge in [-0.15, -0.1) is 0 Å². The van der Waals surface area contributed by atoms with Gasteiger partial charge in [0.25, 0.3) is 0 Å². The zero-order valence-electron chi connectivity index (χ0n) is 6.47. The van der Waals surface area contributed by atoms with E-state index in [1.54, 1.807) is 0 Å². The van der Waals surface area contributed by atoms with E-state index in [1.165, 1.54) is 13.0 Å². The van der Waals surface area contributed by atoms with Crippen LogP contribution in [0, 0.1) is 23.2 Å². The molecule has 2 nitrogen and oxygen atoms in total. The van der Waals surface area contributed by atoms with Crippen LogP contribution in [0.4, 0.5) is 13.2 Å². The summed E-state index contributed by atoms with van der Waals surface area (Å²) in [6.07, 6.45) is -2.80. The average Bonchev–Trinajstić information content (AvgIpc) is 1.96. The highest BCUT2D eigenvalue weighted by molar-refractivity contribution is 4.99. The summed E-state index contributed by atoms with van der Waals surface area (Å²) in [5.74, 6) is -2.88. The zero-order valence-corrected chi connectivity index (χ0v) is 6.47. The number of nitrogens with zero attached hydrogens (tertiary/aromatic N) is 1. The first kappa shape index (κ1) is 10.8. The molecule has 12 heavy (non-hydrogen) atoms. The first-order valence-electron chi connectivity index (χ1n) is 3.28. The van der Waals surface area contributed by atoms with Crippen LogP contribution in [0.2, 0.25) is 0 Å². The number of halogens is 3. The number of hydrogen-bond acceptors (Lipinski definition) is 2. The lowest BCUT2D eigenvalue weighted by atomic mass is 9.95. The van der Waals surface area contributed by atoms with Gasteiger partial charge in [0.05, 0.1) is 17.9 Å². The monoisotopic (exact) mass is 178 g/mol. The van der Waals surface area contributed by atoms with Crippen molar-refractivity contribution in [2.75, 3.05) is 0 Å². The van der Waals surface area contributed by atoms with E-state index >= 15 is 0 Å². The Hall–Kier alpha value is -1.18. The topological polar surface area (TPSA) is 49.8 Å². The smallest absolute Gasteiger partial charge is 0.396 e. The summed E-state index contributed by atoms with van der Waals surface area (Å²) in [5, 5.41) is 8.27. The fourth-order valence-corrected chi connectivity index (χ4v) is 0.759. The Morgan fingerprint density at radius 2 is 2.00 bits per heavy atom. The van der Waals surface area contributed by atoms with Crippen LogP contribution < -0.4 is 5.73 Å². The summed E-state index contributed by atoms with van der Waals surface area (Å²) in [5.41, 5.74) is 4.83. The molecule has 0 rings (SSSR count). The molecule has 0 saturated heterocycles. The predicted molar refractivity (Wildman–Crippen MR) is 37.6 cm³/mol. The van der Waals surface area contributed by atoms with Gasteiger partial charge < -0.3 is 5.73 Å². The van der Waals surface area contributed by atoms with Gasteiger partial charge in [-0.05, 0) is 13.1 Å². The van der Waals surface area contributed by atoms with Gasteiger partial charge in [-0.25, -0.2) is 0 Å². The van der Waals surface area contributed by atoms with Crippen LogP contribution in [-0.4, -0.2) is 6.18 Å². The van der Waals surface area contributed by atoms with E-state index in [4.69, 9.17) is 11.0 Å². The second-order valence-electron chi connectivity index (χ2n) is 2.37. The normalized spacial score (nSPS) is 17.2. The molecule has 0 fully saturated rings. The van der Waals surface area contributed by atoms with Gasteiger partial charge in [0.1, 0.15) is 0 Å².